The molecule has 186 valence electrons. The quantitative estimate of drug-likeness (QED) is 0.686. The third-order valence-corrected chi connectivity index (χ3v) is 6.47. The second-order valence-electron chi connectivity index (χ2n) is 9.16. The molecule has 35 heavy (non-hydrogen) atoms. The van der Waals surface area contributed by atoms with Gasteiger partial charge >= 0.3 is 6.03 Å². The van der Waals surface area contributed by atoms with Crippen molar-refractivity contribution in [2.45, 2.75) is 44.1 Å². The van der Waals surface area contributed by atoms with Crippen LogP contribution in [0, 0.1) is 0 Å². The Morgan fingerprint density at radius 1 is 1.11 bits per heavy atom. The Bertz CT molecular complexity index is 1070. The normalized spacial score (nSPS) is 21.5. The number of ether oxygens (including phenoxy) is 2. The Balaban J connectivity index is 1.42. The van der Waals surface area contributed by atoms with Gasteiger partial charge in [-0.1, -0.05) is 30.3 Å². The summed E-state index contributed by atoms with van der Waals surface area (Å²) in [5.74, 6) is 0.253. The third-order valence-electron chi connectivity index (χ3n) is 6.47. The highest BCUT2D eigenvalue weighted by atomic mass is 16.5. The highest BCUT2D eigenvalue weighted by Crippen LogP contribution is 2.32. The van der Waals surface area contributed by atoms with Crippen LogP contribution in [0.15, 0.2) is 48.5 Å². The summed E-state index contributed by atoms with van der Waals surface area (Å²) in [7, 11) is 5.22. The van der Waals surface area contributed by atoms with Crippen LogP contribution < -0.4 is 15.4 Å². The lowest BCUT2D eigenvalue weighted by Gasteiger charge is -2.42. The van der Waals surface area contributed by atoms with Gasteiger partial charge in [0.25, 0.3) is 5.91 Å². The minimum atomic E-state index is -0.361. The van der Waals surface area contributed by atoms with E-state index >= 15 is 0 Å². The molecular formula is C26H32N4O5. The molecule has 0 radical (unpaired) electrons. The Kier molecular flexibility index (Phi) is 7.55. The zero-order valence-corrected chi connectivity index (χ0v) is 20.3. The van der Waals surface area contributed by atoms with Crippen LogP contribution in [0.3, 0.4) is 0 Å². The Hall–Kier alpha value is -3.59. The lowest BCUT2D eigenvalue weighted by molar-refractivity contribution is -0.140. The van der Waals surface area contributed by atoms with Crippen LogP contribution >= 0.6 is 0 Å². The molecule has 0 aromatic heterocycles. The molecule has 2 heterocycles. The maximum atomic E-state index is 13.3. The summed E-state index contributed by atoms with van der Waals surface area (Å²) in [5.41, 5.74) is 1.87. The van der Waals surface area contributed by atoms with Crippen molar-refractivity contribution in [3.63, 3.8) is 0 Å². The minimum Gasteiger partial charge on any atom is -0.490 e. The van der Waals surface area contributed by atoms with Crippen LogP contribution in [-0.2, 0) is 16.1 Å². The highest BCUT2D eigenvalue weighted by Gasteiger charge is 2.39. The summed E-state index contributed by atoms with van der Waals surface area (Å²) >= 11 is 0. The van der Waals surface area contributed by atoms with E-state index in [4.69, 9.17) is 9.47 Å². The molecule has 4 amide bonds. The van der Waals surface area contributed by atoms with Crippen LogP contribution in [0.1, 0.15) is 35.2 Å². The molecule has 0 bridgehead atoms. The van der Waals surface area contributed by atoms with Crippen molar-refractivity contribution in [1.82, 2.24) is 15.1 Å². The van der Waals surface area contributed by atoms with Gasteiger partial charge in [-0.15, -0.1) is 0 Å². The second-order valence-corrected chi connectivity index (χ2v) is 9.16. The molecular weight excluding hydrogens is 448 g/mol. The monoisotopic (exact) mass is 480 g/mol. The molecule has 4 rings (SSSR count). The van der Waals surface area contributed by atoms with Crippen LogP contribution in [-0.4, -0.2) is 73.6 Å². The summed E-state index contributed by atoms with van der Waals surface area (Å²) in [6, 6.07) is 14.1. The number of hydrogen-bond acceptors (Lipinski definition) is 5. The molecule has 1 fully saturated rings. The van der Waals surface area contributed by atoms with Crippen molar-refractivity contribution >= 4 is 23.5 Å². The predicted molar refractivity (Wildman–Crippen MR) is 131 cm³/mol. The van der Waals surface area contributed by atoms with Gasteiger partial charge in [0, 0.05) is 33.4 Å². The fourth-order valence-corrected chi connectivity index (χ4v) is 4.44. The molecule has 0 spiro atoms. The van der Waals surface area contributed by atoms with E-state index in [0.29, 0.717) is 36.4 Å². The standard InChI is InChI=1S/C26H32N4O5/c1-29(2)24(31)14-19-10-11-21-23(35-19)16-34-22-12-9-18(13-20(22)25(32)30(21)3)28-26(33)27-15-17-7-5-4-6-8-17/h4-9,12-13,19,21,23H,10-11,14-16H2,1-3H3,(H2,27,28,33)/t19-,21-,23+/m0/s1. The van der Waals surface area contributed by atoms with E-state index in [0.717, 1.165) is 12.0 Å². The molecule has 2 aliphatic rings. The molecule has 9 nitrogen and oxygen atoms in total. The van der Waals surface area contributed by atoms with Crippen molar-refractivity contribution < 1.29 is 23.9 Å². The van der Waals surface area contributed by atoms with E-state index in [-0.39, 0.29) is 42.7 Å². The average molecular weight is 481 g/mol. The Labute approximate surface area is 205 Å². The summed E-state index contributed by atoms with van der Waals surface area (Å²) < 4.78 is 12.2. The van der Waals surface area contributed by atoms with Crippen LogP contribution in [0.5, 0.6) is 5.75 Å². The molecule has 2 aromatic carbocycles. The van der Waals surface area contributed by atoms with Gasteiger partial charge in [0.2, 0.25) is 5.91 Å². The largest absolute Gasteiger partial charge is 0.490 e. The average Bonchev–Trinajstić information content (AvgIpc) is 2.86. The molecule has 9 heteroatoms. The van der Waals surface area contributed by atoms with Gasteiger partial charge in [0.05, 0.1) is 24.1 Å². The summed E-state index contributed by atoms with van der Waals surface area (Å²) in [6.45, 7) is 0.666. The Morgan fingerprint density at radius 3 is 2.63 bits per heavy atom. The lowest BCUT2D eigenvalue weighted by atomic mass is 9.94. The van der Waals surface area contributed by atoms with E-state index in [2.05, 4.69) is 10.6 Å². The van der Waals surface area contributed by atoms with Gasteiger partial charge in [-0.2, -0.15) is 0 Å². The molecule has 2 N–H and O–H groups in total. The molecule has 0 saturated carbocycles. The molecule has 0 unspecified atom stereocenters. The van der Waals surface area contributed by atoms with Gasteiger partial charge in [-0.25, -0.2) is 4.79 Å². The van der Waals surface area contributed by atoms with Crippen LogP contribution in [0.4, 0.5) is 10.5 Å². The number of likely N-dealkylation sites (N-methyl/N-ethyl adjacent to an activating group) is 1. The van der Waals surface area contributed by atoms with Gasteiger partial charge < -0.3 is 29.9 Å². The SMILES string of the molecule is CN(C)C(=O)C[C@@H]1CC[C@H]2[C@@H](COc3ccc(NC(=O)NCc4ccccc4)cc3C(=O)N2C)O1. The van der Waals surface area contributed by atoms with Gasteiger partial charge in [-0.05, 0) is 36.6 Å². The third kappa shape index (κ3) is 5.92. The topological polar surface area (TPSA) is 100 Å². The number of fused-ring (bicyclic) bond motifs is 2. The van der Waals surface area contributed by atoms with Gasteiger partial charge in [0.15, 0.2) is 0 Å². The van der Waals surface area contributed by atoms with Crippen LogP contribution in [0.2, 0.25) is 0 Å². The number of carbonyl (C=O) groups is 3. The van der Waals surface area contributed by atoms with Gasteiger partial charge in [0.1, 0.15) is 18.5 Å². The van der Waals surface area contributed by atoms with Crippen molar-refractivity contribution in [2.24, 2.45) is 0 Å². The first kappa shape index (κ1) is 24.5. The number of amides is 4. The second kappa shape index (κ2) is 10.8. The molecule has 0 aliphatic carbocycles. The van der Waals surface area contributed by atoms with E-state index in [1.807, 2.05) is 30.3 Å². The van der Waals surface area contributed by atoms with E-state index in [1.54, 1.807) is 49.1 Å². The lowest BCUT2D eigenvalue weighted by Crippen LogP contribution is -2.53. The molecule has 2 aliphatic heterocycles. The number of rotatable bonds is 5. The molecule has 2 aromatic rings. The van der Waals surface area contributed by atoms with Gasteiger partial charge in [-0.3, -0.25) is 9.59 Å². The fraction of sp³-hybridized carbons (Fsp3) is 0.423. The summed E-state index contributed by atoms with van der Waals surface area (Å²) in [4.78, 5) is 41.1. The zero-order chi connectivity index (χ0) is 24.9. The van der Waals surface area contributed by atoms with Crippen molar-refractivity contribution in [3.05, 3.63) is 59.7 Å². The highest BCUT2D eigenvalue weighted by molar-refractivity contribution is 5.99. The van der Waals surface area contributed by atoms with E-state index in [9.17, 15) is 14.4 Å². The van der Waals surface area contributed by atoms with E-state index in [1.165, 1.54) is 0 Å². The fourth-order valence-electron chi connectivity index (χ4n) is 4.44. The van der Waals surface area contributed by atoms with Crippen molar-refractivity contribution in [3.8, 4) is 5.75 Å². The first-order valence-electron chi connectivity index (χ1n) is 11.8. The molecule has 1 saturated heterocycles. The first-order valence-corrected chi connectivity index (χ1v) is 11.8. The number of hydrogen-bond donors (Lipinski definition) is 2. The summed E-state index contributed by atoms with van der Waals surface area (Å²) in [5, 5.41) is 5.60. The number of nitrogens with one attached hydrogen (secondary N) is 2. The minimum absolute atomic E-state index is 0.0165. The maximum Gasteiger partial charge on any atom is 0.319 e. The molecule has 3 atom stereocenters. The Morgan fingerprint density at radius 2 is 1.89 bits per heavy atom. The number of anilines is 1. The van der Waals surface area contributed by atoms with Crippen molar-refractivity contribution in [1.29, 1.82) is 0 Å². The van der Waals surface area contributed by atoms with E-state index < -0.39 is 0 Å². The number of carbonyl (C=O) groups excluding carboxylic acids is 3. The maximum absolute atomic E-state index is 13.3. The number of urea groups is 1. The zero-order valence-electron chi connectivity index (χ0n) is 20.3. The van der Waals surface area contributed by atoms with Crippen LogP contribution in [0.25, 0.3) is 0 Å². The first-order chi connectivity index (χ1) is 16.8. The predicted octanol–water partition coefficient (Wildman–Crippen LogP) is 2.87. The van der Waals surface area contributed by atoms with Crippen molar-refractivity contribution in [2.75, 3.05) is 33.1 Å². The summed E-state index contributed by atoms with van der Waals surface area (Å²) in [6.07, 6.45) is 1.20. The number of benzene rings is 2. The smallest absolute Gasteiger partial charge is 0.319 e. The number of nitrogens with zero attached hydrogens (tertiary/aromatic N) is 2.